The summed E-state index contributed by atoms with van der Waals surface area (Å²) in [7, 11) is 0. The number of hydrogen-bond acceptors (Lipinski definition) is 3. The number of amidine groups is 1. The fraction of sp³-hybridized carbons (Fsp3) is 0.0800. The number of anilines is 2. The summed E-state index contributed by atoms with van der Waals surface area (Å²) in [5.74, 6) is -1.26. The standard InChI is InChI=1S/C25H19Cl2F3N4O2/c26-14-15-3-1-4-16(11-15)23(35)33-21-8-7-18(27)13-20(21)24(36)34-22(31)9-10-32-19-6-2-5-17(12-19)25(28,29)30/h1-13,32H,14H2,(H,33,35)(H2,31,34,36). The zero-order valence-electron chi connectivity index (χ0n) is 18.4. The minimum Gasteiger partial charge on any atom is -0.384 e. The first kappa shape index (κ1) is 26.8. The summed E-state index contributed by atoms with van der Waals surface area (Å²) in [4.78, 5) is 29.2. The second-order valence-corrected chi connectivity index (χ2v) is 8.08. The van der Waals surface area contributed by atoms with Crippen LogP contribution in [0.3, 0.4) is 0 Å². The van der Waals surface area contributed by atoms with Crippen molar-refractivity contribution in [1.82, 2.24) is 0 Å². The van der Waals surface area contributed by atoms with Crippen molar-refractivity contribution in [1.29, 1.82) is 0 Å². The van der Waals surface area contributed by atoms with Crippen molar-refractivity contribution in [2.24, 2.45) is 10.7 Å². The van der Waals surface area contributed by atoms with Gasteiger partial charge in [0, 0.05) is 28.4 Å². The van der Waals surface area contributed by atoms with Crippen LogP contribution in [0.4, 0.5) is 24.5 Å². The highest BCUT2D eigenvalue weighted by Crippen LogP contribution is 2.30. The number of rotatable bonds is 7. The Morgan fingerprint density at radius 2 is 1.78 bits per heavy atom. The third kappa shape index (κ3) is 7.34. The van der Waals surface area contributed by atoms with Crippen LogP contribution in [0.25, 0.3) is 0 Å². The quantitative estimate of drug-likeness (QED) is 0.184. The first-order valence-electron chi connectivity index (χ1n) is 10.3. The molecule has 0 saturated carbocycles. The van der Waals surface area contributed by atoms with Crippen LogP contribution in [-0.4, -0.2) is 17.6 Å². The molecule has 0 aliphatic heterocycles. The summed E-state index contributed by atoms with van der Waals surface area (Å²) in [5.41, 5.74) is 6.37. The third-order valence-corrected chi connectivity index (χ3v) is 5.27. The fourth-order valence-electron chi connectivity index (χ4n) is 3.02. The van der Waals surface area contributed by atoms with Crippen LogP contribution >= 0.6 is 23.2 Å². The van der Waals surface area contributed by atoms with Gasteiger partial charge in [0.2, 0.25) is 0 Å². The molecule has 0 aromatic heterocycles. The molecule has 0 atom stereocenters. The summed E-state index contributed by atoms with van der Waals surface area (Å²) in [6.07, 6.45) is -2.03. The normalized spacial score (nSPS) is 12.0. The zero-order chi connectivity index (χ0) is 26.3. The molecule has 36 heavy (non-hydrogen) atoms. The second-order valence-electron chi connectivity index (χ2n) is 7.38. The van der Waals surface area contributed by atoms with Gasteiger partial charge in [-0.2, -0.15) is 18.2 Å². The molecule has 0 radical (unpaired) electrons. The summed E-state index contributed by atoms with van der Waals surface area (Å²) >= 11 is 11.8. The van der Waals surface area contributed by atoms with Crippen LogP contribution in [0.15, 0.2) is 84.0 Å². The van der Waals surface area contributed by atoms with Crippen molar-refractivity contribution in [2.75, 3.05) is 10.6 Å². The number of hydrogen-bond donors (Lipinski definition) is 3. The van der Waals surface area contributed by atoms with E-state index in [1.54, 1.807) is 24.3 Å². The molecular formula is C25H19Cl2F3N4O2. The van der Waals surface area contributed by atoms with Gasteiger partial charge in [0.25, 0.3) is 11.8 Å². The molecule has 0 spiro atoms. The monoisotopic (exact) mass is 534 g/mol. The molecule has 6 nitrogen and oxygen atoms in total. The van der Waals surface area contributed by atoms with Crippen LogP contribution in [0.2, 0.25) is 5.02 Å². The Morgan fingerprint density at radius 1 is 1.03 bits per heavy atom. The van der Waals surface area contributed by atoms with Gasteiger partial charge in [-0.05, 0) is 60.2 Å². The minimum absolute atomic E-state index is 0.00784. The third-order valence-electron chi connectivity index (χ3n) is 4.73. The molecule has 3 aromatic carbocycles. The SMILES string of the molecule is NC(C=CNc1cccc(C(F)(F)F)c1)=NC(=O)c1cc(Cl)ccc1NC(=O)c1cccc(CCl)c1. The Labute approximate surface area is 214 Å². The van der Waals surface area contributed by atoms with E-state index in [4.69, 9.17) is 28.9 Å². The average molecular weight is 535 g/mol. The number of carbonyl (C=O) groups excluding carboxylic acids is 2. The van der Waals surface area contributed by atoms with E-state index < -0.39 is 23.6 Å². The molecular weight excluding hydrogens is 516 g/mol. The number of nitrogens with two attached hydrogens (primary N) is 1. The minimum atomic E-state index is -4.48. The van der Waals surface area contributed by atoms with Gasteiger partial charge in [-0.15, -0.1) is 11.6 Å². The number of halogens is 5. The smallest absolute Gasteiger partial charge is 0.384 e. The van der Waals surface area contributed by atoms with E-state index in [2.05, 4.69) is 15.6 Å². The van der Waals surface area contributed by atoms with Gasteiger partial charge in [-0.3, -0.25) is 9.59 Å². The fourth-order valence-corrected chi connectivity index (χ4v) is 3.35. The van der Waals surface area contributed by atoms with Crippen LogP contribution in [-0.2, 0) is 12.1 Å². The molecule has 0 bridgehead atoms. The zero-order valence-corrected chi connectivity index (χ0v) is 20.0. The molecule has 186 valence electrons. The van der Waals surface area contributed by atoms with Crippen molar-refractivity contribution in [3.05, 3.63) is 106 Å². The Hall–Kier alpha value is -3.82. The van der Waals surface area contributed by atoms with E-state index in [1.807, 2.05) is 0 Å². The van der Waals surface area contributed by atoms with Gasteiger partial charge in [0.15, 0.2) is 0 Å². The molecule has 2 amide bonds. The number of carbonyl (C=O) groups is 2. The van der Waals surface area contributed by atoms with Crippen molar-refractivity contribution in [3.8, 4) is 0 Å². The highest BCUT2D eigenvalue weighted by molar-refractivity contribution is 6.31. The Kier molecular flexibility index (Phi) is 8.73. The van der Waals surface area contributed by atoms with E-state index in [1.165, 1.54) is 42.6 Å². The highest BCUT2D eigenvalue weighted by atomic mass is 35.5. The topological polar surface area (TPSA) is 96.6 Å². The first-order valence-corrected chi connectivity index (χ1v) is 11.2. The number of aliphatic imine (C=N–C) groups is 1. The van der Waals surface area contributed by atoms with Crippen LogP contribution < -0.4 is 16.4 Å². The van der Waals surface area contributed by atoms with Gasteiger partial charge in [-0.1, -0.05) is 29.8 Å². The molecule has 0 fully saturated rings. The average Bonchev–Trinajstić information content (AvgIpc) is 2.84. The Bertz CT molecular complexity index is 1340. The van der Waals surface area contributed by atoms with Crippen LogP contribution in [0.1, 0.15) is 31.8 Å². The molecule has 0 unspecified atom stereocenters. The van der Waals surface area contributed by atoms with Crippen LogP contribution in [0, 0.1) is 0 Å². The highest BCUT2D eigenvalue weighted by Gasteiger charge is 2.30. The number of alkyl halides is 4. The maximum atomic E-state index is 12.8. The molecule has 0 heterocycles. The van der Waals surface area contributed by atoms with Crippen molar-refractivity contribution < 1.29 is 22.8 Å². The molecule has 0 saturated heterocycles. The van der Waals surface area contributed by atoms with Gasteiger partial charge in [0.05, 0.1) is 16.8 Å². The molecule has 4 N–H and O–H groups in total. The lowest BCUT2D eigenvalue weighted by molar-refractivity contribution is -0.137. The van der Waals surface area contributed by atoms with E-state index in [0.717, 1.165) is 17.7 Å². The van der Waals surface area contributed by atoms with Gasteiger partial charge >= 0.3 is 6.18 Å². The van der Waals surface area contributed by atoms with Gasteiger partial charge in [-0.25, -0.2) is 0 Å². The number of amides is 2. The first-order chi connectivity index (χ1) is 17.1. The largest absolute Gasteiger partial charge is 0.416 e. The number of benzene rings is 3. The van der Waals surface area contributed by atoms with Gasteiger partial charge < -0.3 is 16.4 Å². The summed E-state index contributed by atoms with van der Waals surface area (Å²) in [6, 6.07) is 15.5. The predicted octanol–water partition coefficient (Wildman–Crippen LogP) is 6.47. The number of nitrogens with one attached hydrogen (secondary N) is 2. The molecule has 0 aliphatic rings. The van der Waals surface area contributed by atoms with E-state index in [9.17, 15) is 22.8 Å². The lowest BCUT2D eigenvalue weighted by atomic mass is 10.1. The summed E-state index contributed by atoms with van der Waals surface area (Å²) in [6.45, 7) is 0. The maximum absolute atomic E-state index is 12.8. The maximum Gasteiger partial charge on any atom is 0.416 e. The molecule has 3 rings (SSSR count). The van der Waals surface area contributed by atoms with Crippen molar-refractivity contribution in [3.63, 3.8) is 0 Å². The van der Waals surface area contributed by atoms with E-state index >= 15 is 0 Å². The molecule has 3 aromatic rings. The predicted molar refractivity (Wildman–Crippen MR) is 136 cm³/mol. The summed E-state index contributed by atoms with van der Waals surface area (Å²) < 4.78 is 38.5. The van der Waals surface area contributed by atoms with E-state index in [-0.39, 0.29) is 33.7 Å². The molecule has 11 heteroatoms. The van der Waals surface area contributed by atoms with E-state index in [0.29, 0.717) is 5.56 Å². The summed E-state index contributed by atoms with van der Waals surface area (Å²) in [5, 5.41) is 5.52. The Morgan fingerprint density at radius 3 is 2.50 bits per heavy atom. The molecule has 0 aliphatic carbocycles. The lowest BCUT2D eigenvalue weighted by Gasteiger charge is -2.10. The van der Waals surface area contributed by atoms with Crippen LogP contribution in [0.5, 0.6) is 0 Å². The van der Waals surface area contributed by atoms with Crippen molar-refractivity contribution >= 4 is 52.2 Å². The van der Waals surface area contributed by atoms with Crippen molar-refractivity contribution in [2.45, 2.75) is 12.1 Å². The Balaban J connectivity index is 1.74. The number of nitrogens with zero attached hydrogens (tertiary/aromatic N) is 1. The second kappa shape index (κ2) is 11.7. The van der Waals surface area contributed by atoms with Gasteiger partial charge in [0.1, 0.15) is 5.84 Å². The lowest BCUT2D eigenvalue weighted by Crippen LogP contribution is -2.16.